The molecule has 1 aliphatic rings. The average molecular weight is 392 g/mol. The van der Waals surface area contributed by atoms with Crippen LogP contribution in [-0.4, -0.2) is 25.1 Å². The Labute approximate surface area is 162 Å². The number of rotatable bonds is 3. The molecule has 0 saturated carbocycles. The number of anilines is 2. The summed E-state index contributed by atoms with van der Waals surface area (Å²) in [6.45, 7) is 1.85. The lowest BCUT2D eigenvalue weighted by atomic mass is 10.1. The molecule has 28 heavy (non-hydrogen) atoms. The van der Waals surface area contributed by atoms with Gasteiger partial charge in [-0.3, -0.25) is 4.79 Å². The lowest BCUT2D eigenvalue weighted by Crippen LogP contribution is -2.14. The first-order valence-electron chi connectivity index (χ1n) is 8.49. The van der Waals surface area contributed by atoms with Crippen LogP contribution in [0.4, 0.5) is 11.5 Å². The fourth-order valence-corrected chi connectivity index (χ4v) is 4.01. The third kappa shape index (κ3) is 3.49. The van der Waals surface area contributed by atoms with E-state index in [4.69, 9.17) is 0 Å². The number of amidine groups is 1. The highest BCUT2D eigenvalue weighted by Gasteiger charge is 2.28. The second kappa shape index (κ2) is 6.90. The van der Waals surface area contributed by atoms with E-state index in [-0.39, 0.29) is 16.6 Å². The van der Waals surface area contributed by atoms with Crippen LogP contribution in [0.5, 0.6) is 0 Å². The minimum Gasteiger partial charge on any atom is -0.339 e. The molecule has 2 N–H and O–H groups in total. The van der Waals surface area contributed by atoms with Gasteiger partial charge in [-0.1, -0.05) is 18.2 Å². The third-order valence-electron chi connectivity index (χ3n) is 4.17. The summed E-state index contributed by atoms with van der Waals surface area (Å²) >= 11 is 0. The van der Waals surface area contributed by atoms with Gasteiger partial charge in [-0.05, 0) is 55.5 Å². The maximum Gasteiger partial charge on any atom is 0.285 e. The number of fused-ring (bicyclic) bond motifs is 1. The Morgan fingerprint density at radius 3 is 2.43 bits per heavy atom. The minimum atomic E-state index is -3.68. The van der Waals surface area contributed by atoms with Crippen LogP contribution in [0.1, 0.15) is 21.6 Å². The van der Waals surface area contributed by atoms with E-state index in [1.807, 2.05) is 19.1 Å². The Balaban J connectivity index is 1.51. The van der Waals surface area contributed by atoms with Crippen molar-refractivity contribution >= 4 is 33.3 Å². The van der Waals surface area contributed by atoms with E-state index in [9.17, 15) is 13.2 Å². The van der Waals surface area contributed by atoms with Gasteiger partial charge in [0.05, 0.1) is 0 Å². The Bertz CT molecular complexity index is 1200. The molecule has 0 saturated heterocycles. The summed E-state index contributed by atoms with van der Waals surface area (Å²) in [5.41, 5.74) is 2.41. The van der Waals surface area contributed by atoms with E-state index in [0.717, 1.165) is 5.69 Å². The standard InChI is InChI=1S/C20H16N4O3S/c1-13-5-4-8-18(21-13)23-20(25)14-9-11-15(12-10-14)22-19-16-6-2-3-7-17(16)28(26,27)24-19/h2-12H,1H3,(H,22,24)(H,21,23,25). The van der Waals surface area contributed by atoms with Gasteiger partial charge in [0.15, 0.2) is 5.84 Å². The predicted octanol–water partition coefficient (Wildman–Crippen LogP) is 3.20. The Morgan fingerprint density at radius 1 is 0.929 bits per heavy atom. The van der Waals surface area contributed by atoms with Gasteiger partial charge in [-0.25, -0.2) is 4.98 Å². The smallest absolute Gasteiger partial charge is 0.285 e. The molecule has 2 heterocycles. The molecule has 0 atom stereocenters. The van der Waals surface area contributed by atoms with Crippen molar-refractivity contribution in [3.8, 4) is 0 Å². The lowest BCUT2D eigenvalue weighted by molar-refractivity contribution is 0.102. The summed E-state index contributed by atoms with van der Waals surface area (Å²) in [4.78, 5) is 16.8. The van der Waals surface area contributed by atoms with Gasteiger partial charge in [0.25, 0.3) is 15.9 Å². The average Bonchev–Trinajstić information content (AvgIpc) is 2.93. The second-order valence-corrected chi connectivity index (χ2v) is 7.80. The fourth-order valence-electron chi connectivity index (χ4n) is 2.84. The number of aryl methyl sites for hydroxylation is 1. The van der Waals surface area contributed by atoms with Crippen LogP contribution in [0.3, 0.4) is 0 Å². The summed E-state index contributed by atoms with van der Waals surface area (Å²) < 4.78 is 28.0. The van der Waals surface area contributed by atoms with Crippen LogP contribution >= 0.6 is 0 Å². The van der Waals surface area contributed by atoms with Crippen molar-refractivity contribution in [3.63, 3.8) is 0 Å². The SMILES string of the molecule is Cc1cccc(NC(=O)c2ccc(NC3=NS(=O)(=O)c4ccccc43)cc2)n1. The van der Waals surface area contributed by atoms with Crippen LogP contribution in [0.2, 0.25) is 0 Å². The van der Waals surface area contributed by atoms with Gasteiger partial charge in [0.2, 0.25) is 0 Å². The summed E-state index contributed by atoms with van der Waals surface area (Å²) in [5, 5.41) is 5.74. The molecular weight excluding hydrogens is 376 g/mol. The van der Waals surface area contributed by atoms with Gasteiger partial charge < -0.3 is 10.6 Å². The number of nitrogens with one attached hydrogen (secondary N) is 2. The molecule has 1 aliphatic heterocycles. The molecule has 1 aromatic heterocycles. The van der Waals surface area contributed by atoms with Gasteiger partial charge in [-0.15, -0.1) is 4.40 Å². The number of benzene rings is 2. The number of sulfonamides is 1. The van der Waals surface area contributed by atoms with Crippen molar-refractivity contribution < 1.29 is 13.2 Å². The summed E-state index contributed by atoms with van der Waals surface area (Å²) in [7, 11) is -3.68. The first-order chi connectivity index (χ1) is 13.4. The van der Waals surface area contributed by atoms with Crippen LogP contribution in [0.15, 0.2) is 76.0 Å². The highest BCUT2D eigenvalue weighted by molar-refractivity contribution is 7.90. The molecule has 0 radical (unpaired) electrons. The fraction of sp³-hybridized carbons (Fsp3) is 0.0500. The molecule has 2 aromatic carbocycles. The lowest BCUT2D eigenvalue weighted by Gasteiger charge is -2.08. The molecule has 8 heteroatoms. The highest BCUT2D eigenvalue weighted by Crippen LogP contribution is 2.26. The Kier molecular flexibility index (Phi) is 4.40. The maximum absolute atomic E-state index is 12.4. The first-order valence-corrected chi connectivity index (χ1v) is 9.93. The summed E-state index contributed by atoms with van der Waals surface area (Å²) in [6, 6.07) is 18.7. The molecule has 0 bridgehead atoms. The van der Waals surface area contributed by atoms with Crippen LogP contribution in [0, 0.1) is 6.92 Å². The van der Waals surface area contributed by atoms with Crippen molar-refractivity contribution in [2.75, 3.05) is 10.6 Å². The van der Waals surface area contributed by atoms with Gasteiger partial charge in [-0.2, -0.15) is 8.42 Å². The zero-order valence-corrected chi connectivity index (χ0v) is 15.7. The zero-order valence-electron chi connectivity index (χ0n) is 14.9. The van der Waals surface area contributed by atoms with E-state index < -0.39 is 10.0 Å². The number of carbonyl (C=O) groups excluding carboxylic acids is 1. The molecule has 140 valence electrons. The van der Waals surface area contributed by atoms with Crippen LogP contribution in [-0.2, 0) is 10.0 Å². The van der Waals surface area contributed by atoms with Gasteiger partial charge >= 0.3 is 0 Å². The quantitative estimate of drug-likeness (QED) is 0.713. The van der Waals surface area contributed by atoms with E-state index in [1.165, 1.54) is 6.07 Å². The van der Waals surface area contributed by atoms with E-state index in [2.05, 4.69) is 20.0 Å². The number of pyridine rings is 1. The molecule has 7 nitrogen and oxygen atoms in total. The summed E-state index contributed by atoms with van der Waals surface area (Å²) in [6.07, 6.45) is 0. The topological polar surface area (TPSA) is 101 Å². The molecule has 0 spiro atoms. The number of hydrogen-bond donors (Lipinski definition) is 2. The van der Waals surface area contributed by atoms with Crippen molar-refractivity contribution in [1.29, 1.82) is 0 Å². The van der Waals surface area contributed by atoms with Crippen molar-refractivity contribution in [1.82, 2.24) is 4.98 Å². The number of nitrogens with zero attached hydrogens (tertiary/aromatic N) is 2. The van der Waals surface area contributed by atoms with E-state index >= 15 is 0 Å². The third-order valence-corrected chi connectivity index (χ3v) is 5.51. The molecule has 3 aromatic rings. The normalized spacial score (nSPS) is 14.1. The molecule has 4 rings (SSSR count). The molecule has 0 fully saturated rings. The van der Waals surface area contributed by atoms with Crippen molar-refractivity contribution in [2.45, 2.75) is 11.8 Å². The molecule has 0 unspecified atom stereocenters. The van der Waals surface area contributed by atoms with Crippen molar-refractivity contribution in [2.24, 2.45) is 4.40 Å². The molecular formula is C20H16N4O3S. The Morgan fingerprint density at radius 2 is 1.68 bits per heavy atom. The number of hydrogen-bond acceptors (Lipinski definition) is 5. The van der Waals surface area contributed by atoms with E-state index in [0.29, 0.717) is 22.6 Å². The van der Waals surface area contributed by atoms with Crippen LogP contribution in [0.25, 0.3) is 0 Å². The van der Waals surface area contributed by atoms with Gasteiger partial charge in [0.1, 0.15) is 10.7 Å². The summed E-state index contributed by atoms with van der Waals surface area (Å²) in [5.74, 6) is 0.460. The van der Waals surface area contributed by atoms with Gasteiger partial charge in [0, 0.05) is 22.5 Å². The van der Waals surface area contributed by atoms with Crippen molar-refractivity contribution in [3.05, 3.63) is 83.6 Å². The monoisotopic (exact) mass is 392 g/mol. The molecule has 0 aliphatic carbocycles. The zero-order chi connectivity index (χ0) is 19.7. The number of carbonyl (C=O) groups is 1. The van der Waals surface area contributed by atoms with Crippen LogP contribution < -0.4 is 10.6 Å². The maximum atomic E-state index is 12.4. The number of aromatic nitrogens is 1. The predicted molar refractivity (Wildman–Crippen MR) is 107 cm³/mol. The molecule has 1 amide bonds. The highest BCUT2D eigenvalue weighted by atomic mass is 32.2. The largest absolute Gasteiger partial charge is 0.339 e. The first kappa shape index (κ1) is 17.9. The van der Waals surface area contributed by atoms with E-state index in [1.54, 1.807) is 48.5 Å². The second-order valence-electron chi connectivity index (χ2n) is 6.23. The number of amides is 1. The Hall–Kier alpha value is -3.52. The minimum absolute atomic E-state index is 0.180.